The molecule has 62 heavy (non-hydrogen) atoms. The molecule has 0 amide bonds. The summed E-state index contributed by atoms with van der Waals surface area (Å²) < 4.78 is 32.9. The number of ether oxygens (including phenoxy) is 2. The molecule has 5 N–H and O–H groups in total. The number of unbranched alkanes of at least 4 members (excludes halogenated alkanes) is 25. The topological polar surface area (TPSA) is 192 Å². The quantitative estimate of drug-likeness (QED) is 0.0196. The SMILES string of the molecule is CCCCCCCCCCCCCCCCCCCCCCCC(=O)O[C@H](COC(=O)CCCCCC[C@H]1[C@@H](O)CC(=O)[C@@H]1/C=C/[C@@H](O)CCCCC)COP(=O)(O)OCCN. The van der Waals surface area contributed by atoms with Gasteiger partial charge in [0.2, 0.25) is 0 Å². The second kappa shape index (κ2) is 39.7. The second-order valence-electron chi connectivity index (χ2n) is 17.8. The number of esters is 2. The molecule has 0 aromatic carbocycles. The van der Waals surface area contributed by atoms with Crippen molar-refractivity contribution in [3.8, 4) is 0 Å². The molecule has 1 unspecified atom stereocenters. The monoisotopic (exact) mass is 902 g/mol. The minimum absolute atomic E-state index is 0.00701. The Balaban J connectivity index is 2.26. The van der Waals surface area contributed by atoms with E-state index in [-0.39, 0.29) is 56.6 Å². The molecule has 13 heteroatoms. The van der Waals surface area contributed by atoms with E-state index in [0.29, 0.717) is 25.7 Å². The van der Waals surface area contributed by atoms with Crippen molar-refractivity contribution in [3.05, 3.63) is 12.2 Å². The zero-order chi connectivity index (χ0) is 45.5. The fourth-order valence-corrected chi connectivity index (χ4v) is 9.01. The number of phosphoric acid groups is 1. The van der Waals surface area contributed by atoms with E-state index < -0.39 is 44.7 Å². The smallest absolute Gasteiger partial charge is 0.462 e. The highest BCUT2D eigenvalue weighted by atomic mass is 31.2. The predicted octanol–water partition coefficient (Wildman–Crippen LogP) is 11.5. The zero-order valence-corrected chi connectivity index (χ0v) is 40.2. The number of aliphatic hydroxyl groups excluding tert-OH is 2. The number of phosphoric ester groups is 1. The Labute approximate surface area is 377 Å². The average Bonchev–Trinajstić information content (AvgIpc) is 3.52. The van der Waals surface area contributed by atoms with Gasteiger partial charge in [0.05, 0.1) is 25.4 Å². The maximum atomic E-state index is 12.7. The van der Waals surface area contributed by atoms with Crippen LogP contribution >= 0.6 is 7.82 Å². The van der Waals surface area contributed by atoms with Crippen molar-refractivity contribution < 1.29 is 52.6 Å². The molecule has 1 saturated carbocycles. The lowest BCUT2D eigenvalue weighted by Gasteiger charge is -2.20. The van der Waals surface area contributed by atoms with Gasteiger partial charge in [-0.25, -0.2) is 4.57 Å². The summed E-state index contributed by atoms with van der Waals surface area (Å²) in [5, 5.41) is 20.8. The molecule has 0 aromatic heterocycles. The van der Waals surface area contributed by atoms with Crippen LogP contribution in [0.15, 0.2) is 12.2 Å². The van der Waals surface area contributed by atoms with Crippen LogP contribution in [0.3, 0.4) is 0 Å². The van der Waals surface area contributed by atoms with Crippen LogP contribution in [0.4, 0.5) is 0 Å². The summed E-state index contributed by atoms with van der Waals surface area (Å²) in [7, 11) is -4.44. The van der Waals surface area contributed by atoms with E-state index >= 15 is 0 Å². The summed E-state index contributed by atoms with van der Waals surface area (Å²) in [5.41, 5.74) is 5.36. The standard InChI is InChI=1S/C49H92NO11P/c1-3-5-7-8-9-10-11-12-13-14-15-16-17-18-19-20-21-22-23-24-30-34-49(55)61-43(41-60-62(56,57)59-38-37-50)40-58-48(54)33-29-26-25-28-32-44-45(47(53)39-46(44)52)36-35-42(51)31-27-6-4-2/h35-36,42-46,51-52H,3-34,37-41,50H2,1-2H3,(H,56,57)/b36-35+/t42-,43+,44+,45+,46-/m0/s1. The van der Waals surface area contributed by atoms with E-state index in [1.165, 1.54) is 109 Å². The zero-order valence-electron chi connectivity index (χ0n) is 39.3. The van der Waals surface area contributed by atoms with Gasteiger partial charge in [0.25, 0.3) is 0 Å². The van der Waals surface area contributed by atoms with Crippen molar-refractivity contribution in [2.24, 2.45) is 17.6 Å². The summed E-state index contributed by atoms with van der Waals surface area (Å²) in [6, 6.07) is 0. The first-order valence-corrected chi connectivity index (χ1v) is 26.8. The summed E-state index contributed by atoms with van der Waals surface area (Å²) in [6.07, 6.45) is 35.8. The number of nitrogens with two attached hydrogens (primary N) is 1. The maximum absolute atomic E-state index is 12.7. The summed E-state index contributed by atoms with van der Waals surface area (Å²) >= 11 is 0. The first kappa shape index (κ1) is 58.4. The molecule has 12 nitrogen and oxygen atoms in total. The van der Waals surface area contributed by atoms with Crippen LogP contribution in [0.25, 0.3) is 0 Å². The number of hydrogen-bond donors (Lipinski definition) is 4. The van der Waals surface area contributed by atoms with Gasteiger partial charge in [-0.3, -0.25) is 23.4 Å². The van der Waals surface area contributed by atoms with Gasteiger partial charge >= 0.3 is 19.8 Å². The molecule has 0 radical (unpaired) electrons. The van der Waals surface area contributed by atoms with E-state index in [2.05, 4.69) is 13.8 Å². The number of hydrogen-bond acceptors (Lipinski definition) is 11. The van der Waals surface area contributed by atoms with Crippen molar-refractivity contribution in [3.63, 3.8) is 0 Å². The molecule has 1 fully saturated rings. The van der Waals surface area contributed by atoms with Crippen molar-refractivity contribution in [2.75, 3.05) is 26.4 Å². The maximum Gasteiger partial charge on any atom is 0.472 e. The molecular weight excluding hydrogens is 810 g/mol. The third-order valence-corrected chi connectivity index (χ3v) is 13.0. The lowest BCUT2D eigenvalue weighted by atomic mass is 9.88. The number of allylic oxidation sites excluding steroid dienone is 1. The first-order valence-electron chi connectivity index (χ1n) is 25.3. The van der Waals surface area contributed by atoms with Crippen LogP contribution in [0.2, 0.25) is 0 Å². The molecule has 364 valence electrons. The minimum atomic E-state index is -4.44. The lowest BCUT2D eigenvalue weighted by Crippen LogP contribution is -2.29. The minimum Gasteiger partial charge on any atom is -0.462 e. The average molecular weight is 902 g/mol. The highest BCUT2D eigenvalue weighted by molar-refractivity contribution is 7.47. The largest absolute Gasteiger partial charge is 0.472 e. The van der Waals surface area contributed by atoms with E-state index in [0.717, 1.165) is 57.8 Å². The molecule has 6 atom stereocenters. The molecule has 0 spiro atoms. The van der Waals surface area contributed by atoms with E-state index in [9.17, 15) is 34.1 Å². The van der Waals surface area contributed by atoms with Gasteiger partial charge in [-0.05, 0) is 31.6 Å². The summed E-state index contributed by atoms with van der Waals surface area (Å²) in [4.78, 5) is 47.7. The molecule has 0 aromatic rings. The summed E-state index contributed by atoms with van der Waals surface area (Å²) in [6.45, 7) is 3.41. The molecule has 1 aliphatic rings. The predicted molar refractivity (Wildman–Crippen MR) is 248 cm³/mol. The Morgan fingerprint density at radius 2 is 1.16 bits per heavy atom. The Bertz CT molecular complexity index is 1190. The van der Waals surface area contributed by atoms with E-state index in [1.54, 1.807) is 12.2 Å². The van der Waals surface area contributed by atoms with Crippen LogP contribution in [0.1, 0.15) is 226 Å². The Hall–Kier alpha value is -1.66. The van der Waals surface area contributed by atoms with Gasteiger partial charge < -0.3 is 30.3 Å². The molecule has 0 heterocycles. The molecule has 1 aliphatic carbocycles. The van der Waals surface area contributed by atoms with E-state index in [1.807, 2.05) is 0 Å². The number of ketones is 1. The lowest BCUT2D eigenvalue weighted by molar-refractivity contribution is -0.161. The van der Waals surface area contributed by atoms with Crippen molar-refractivity contribution >= 4 is 25.5 Å². The second-order valence-corrected chi connectivity index (χ2v) is 19.3. The van der Waals surface area contributed by atoms with Crippen LogP contribution < -0.4 is 5.73 Å². The Kier molecular flexibility index (Phi) is 37.4. The Morgan fingerprint density at radius 1 is 0.694 bits per heavy atom. The van der Waals surface area contributed by atoms with Gasteiger partial charge in [-0.2, -0.15) is 0 Å². The van der Waals surface area contributed by atoms with Crippen LogP contribution in [-0.2, 0) is 37.5 Å². The van der Waals surface area contributed by atoms with Gasteiger partial charge in [0.15, 0.2) is 6.10 Å². The third-order valence-electron chi connectivity index (χ3n) is 12.1. The fraction of sp³-hybridized carbons (Fsp3) is 0.898. The van der Waals surface area contributed by atoms with E-state index in [4.69, 9.17) is 24.3 Å². The Morgan fingerprint density at radius 3 is 1.68 bits per heavy atom. The highest BCUT2D eigenvalue weighted by Gasteiger charge is 2.39. The molecule has 1 rings (SSSR count). The van der Waals surface area contributed by atoms with Crippen LogP contribution in [-0.4, -0.2) is 77.5 Å². The van der Waals surface area contributed by atoms with Crippen molar-refractivity contribution in [2.45, 2.75) is 244 Å². The normalized spacial score (nSPS) is 18.6. The van der Waals surface area contributed by atoms with Gasteiger partial charge in [0, 0.05) is 31.7 Å². The number of rotatable bonds is 44. The van der Waals surface area contributed by atoms with Gasteiger partial charge in [-0.1, -0.05) is 193 Å². The van der Waals surface area contributed by atoms with Crippen molar-refractivity contribution in [1.82, 2.24) is 0 Å². The third kappa shape index (κ3) is 32.9. The highest BCUT2D eigenvalue weighted by Crippen LogP contribution is 2.43. The van der Waals surface area contributed by atoms with Gasteiger partial charge in [0.1, 0.15) is 12.4 Å². The number of carbonyl (C=O) groups excluding carboxylic acids is 3. The van der Waals surface area contributed by atoms with Crippen LogP contribution in [0.5, 0.6) is 0 Å². The molecule has 0 bridgehead atoms. The molecular formula is C49H92NO11P. The number of carbonyl (C=O) groups is 3. The molecule has 0 aliphatic heterocycles. The van der Waals surface area contributed by atoms with Crippen molar-refractivity contribution in [1.29, 1.82) is 0 Å². The first-order chi connectivity index (χ1) is 30.0. The number of aliphatic hydroxyl groups is 2. The van der Waals surface area contributed by atoms with Crippen LogP contribution in [0, 0.1) is 11.8 Å². The fourth-order valence-electron chi connectivity index (χ4n) is 8.25. The number of Topliss-reactive ketones (excluding diaryl/α,β-unsaturated/α-hetero) is 1. The summed E-state index contributed by atoms with van der Waals surface area (Å²) in [5.74, 6) is -1.53. The molecule has 0 saturated heterocycles. The van der Waals surface area contributed by atoms with Gasteiger partial charge in [-0.15, -0.1) is 0 Å².